The zero-order chi connectivity index (χ0) is 19.9. The molecule has 1 fully saturated rings. The van der Waals surface area contributed by atoms with E-state index in [0.717, 1.165) is 22.0 Å². The van der Waals surface area contributed by atoms with Gasteiger partial charge in [0.05, 0.1) is 19.8 Å². The van der Waals surface area contributed by atoms with Gasteiger partial charge in [0.2, 0.25) is 5.91 Å². The summed E-state index contributed by atoms with van der Waals surface area (Å²) in [6.45, 7) is 0.663. The van der Waals surface area contributed by atoms with Crippen molar-refractivity contribution in [3.63, 3.8) is 0 Å². The molecule has 1 aliphatic rings. The molecule has 2 aromatic rings. The van der Waals surface area contributed by atoms with Crippen molar-refractivity contribution >= 4 is 17.8 Å². The summed E-state index contributed by atoms with van der Waals surface area (Å²) < 4.78 is 10.3. The van der Waals surface area contributed by atoms with E-state index in [-0.39, 0.29) is 24.8 Å². The van der Waals surface area contributed by atoms with Crippen molar-refractivity contribution in [1.29, 1.82) is 0 Å². The van der Waals surface area contributed by atoms with Crippen LogP contribution in [0.15, 0.2) is 47.1 Å². The van der Waals surface area contributed by atoms with Gasteiger partial charge in [-0.2, -0.15) is 0 Å². The second-order valence-corrected chi connectivity index (χ2v) is 6.47. The van der Waals surface area contributed by atoms with Gasteiger partial charge in [-0.05, 0) is 36.2 Å². The maximum Gasteiger partial charge on any atom is 0.324 e. The summed E-state index contributed by atoms with van der Waals surface area (Å²) in [4.78, 5) is 37.8. The maximum absolute atomic E-state index is 12.5. The van der Waals surface area contributed by atoms with E-state index in [4.69, 9.17) is 9.15 Å². The first-order valence-electron chi connectivity index (χ1n) is 9.10. The fourth-order valence-corrected chi connectivity index (χ4v) is 3.00. The molecule has 2 N–H and O–H groups in total. The highest BCUT2D eigenvalue weighted by molar-refractivity contribution is 6.05. The Kier molecular flexibility index (Phi) is 6.31. The minimum absolute atomic E-state index is 0.0816. The molecule has 1 aromatic carbocycles. The highest BCUT2D eigenvalue weighted by Gasteiger charge is 2.38. The summed E-state index contributed by atoms with van der Waals surface area (Å²) in [5.74, 6) is 0.856. The highest BCUT2D eigenvalue weighted by atomic mass is 16.5. The van der Waals surface area contributed by atoms with Gasteiger partial charge in [-0.15, -0.1) is 0 Å². The van der Waals surface area contributed by atoms with E-state index in [1.54, 1.807) is 19.4 Å². The third-order valence-corrected chi connectivity index (χ3v) is 4.55. The van der Waals surface area contributed by atoms with E-state index < -0.39 is 12.1 Å². The minimum Gasteiger partial charge on any atom is -0.497 e. The molecule has 148 valence electrons. The topological polar surface area (TPSA) is 101 Å². The molecule has 0 aliphatic carbocycles. The van der Waals surface area contributed by atoms with E-state index >= 15 is 0 Å². The number of amides is 4. The van der Waals surface area contributed by atoms with Crippen LogP contribution in [0.1, 0.15) is 17.7 Å². The van der Waals surface area contributed by atoms with Gasteiger partial charge in [0.25, 0.3) is 5.91 Å². The number of hydrogen-bond acceptors (Lipinski definition) is 5. The zero-order valence-electron chi connectivity index (χ0n) is 15.6. The average molecular weight is 385 g/mol. The Labute approximate surface area is 162 Å². The summed E-state index contributed by atoms with van der Waals surface area (Å²) in [6, 6.07) is 9.76. The third-order valence-electron chi connectivity index (χ3n) is 4.55. The Bertz CT molecular complexity index is 817. The number of carbonyl (C=O) groups excluding carboxylic acids is 3. The van der Waals surface area contributed by atoms with Crippen LogP contribution in [0.5, 0.6) is 5.75 Å². The van der Waals surface area contributed by atoms with Crippen molar-refractivity contribution in [3.8, 4) is 5.75 Å². The third kappa shape index (κ3) is 4.91. The SMILES string of the molecule is COc1ccc(CCN2C(=O)NC(CC(=O)NCCc3ccco3)C2=O)cc1. The molecule has 1 saturated heterocycles. The van der Waals surface area contributed by atoms with E-state index in [9.17, 15) is 14.4 Å². The number of nitrogens with zero attached hydrogens (tertiary/aromatic N) is 1. The first-order chi connectivity index (χ1) is 13.6. The second-order valence-electron chi connectivity index (χ2n) is 6.47. The van der Waals surface area contributed by atoms with Crippen LogP contribution < -0.4 is 15.4 Å². The van der Waals surface area contributed by atoms with Crippen molar-refractivity contribution in [1.82, 2.24) is 15.5 Å². The van der Waals surface area contributed by atoms with Gasteiger partial charge in [0, 0.05) is 19.5 Å². The summed E-state index contributed by atoms with van der Waals surface area (Å²) in [5, 5.41) is 5.32. The van der Waals surface area contributed by atoms with Gasteiger partial charge in [-0.3, -0.25) is 14.5 Å². The van der Waals surface area contributed by atoms with Crippen molar-refractivity contribution in [2.45, 2.75) is 25.3 Å². The summed E-state index contributed by atoms with van der Waals surface area (Å²) >= 11 is 0. The first kappa shape index (κ1) is 19.5. The molecule has 0 saturated carbocycles. The molecular weight excluding hydrogens is 362 g/mol. The standard InChI is InChI=1S/C20H23N3O5/c1-27-15-6-4-14(5-7-15)9-11-23-19(25)17(22-20(23)26)13-18(24)21-10-8-16-3-2-12-28-16/h2-7,12,17H,8-11,13H2,1H3,(H,21,24)(H,22,26). The van der Waals surface area contributed by atoms with Crippen molar-refractivity contribution < 1.29 is 23.5 Å². The van der Waals surface area contributed by atoms with E-state index in [1.807, 2.05) is 30.3 Å². The summed E-state index contributed by atoms with van der Waals surface area (Å²) in [5.41, 5.74) is 0.987. The molecular formula is C20H23N3O5. The molecule has 0 spiro atoms. The lowest BCUT2D eigenvalue weighted by molar-refractivity contribution is -0.130. The van der Waals surface area contributed by atoms with E-state index in [0.29, 0.717) is 19.4 Å². The van der Waals surface area contributed by atoms with Gasteiger partial charge in [0.15, 0.2) is 0 Å². The van der Waals surface area contributed by atoms with Crippen LogP contribution in [0.2, 0.25) is 0 Å². The van der Waals surface area contributed by atoms with Crippen molar-refractivity contribution in [2.24, 2.45) is 0 Å². The Balaban J connectivity index is 1.44. The fraction of sp³-hybridized carbons (Fsp3) is 0.350. The second kappa shape index (κ2) is 9.07. The van der Waals surface area contributed by atoms with Crippen LogP contribution in [0, 0.1) is 0 Å². The Hall–Kier alpha value is -3.29. The normalized spacial score (nSPS) is 16.2. The number of rotatable bonds is 9. The van der Waals surface area contributed by atoms with Crippen molar-refractivity contribution in [2.75, 3.05) is 20.2 Å². The van der Waals surface area contributed by atoms with Crippen LogP contribution in [0.3, 0.4) is 0 Å². The molecule has 0 radical (unpaired) electrons. The Morgan fingerprint density at radius 2 is 2.00 bits per heavy atom. The molecule has 3 rings (SSSR count). The molecule has 8 nitrogen and oxygen atoms in total. The van der Waals surface area contributed by atoms with Gasteiger partial charge >= 0.3 is 6.03 Å². The lowest BCUT2D eigenvalue weighted by atomic mass is 10.1. The molecule has 1 atom stereocenters. The van der Waals surface area contributed by atoms with Crippen LogP contribution in [-0.4, -0.2) is 49.0 Å². The predicted molar refractivity (Wildman–Crippen MR) is 101 cm³/mol. The number of urea groups is 1. The van der Waals surface area contributed by atoms with Gasteiger partial charge in [-0.25, -0.2) is 4.79 Å². The number of nitrogens with one attached hydrogen (secondary N) is 2. The van der Waals surface area contributed by atoms with Gasteiger partial charge in [0.1, 0.15) is 17.6 Å². The van der Waals surface area contributed by atoms with Crippen LogP contribution in [-0.2, 0) is 22.4 Å². The lowest BCUT2D eigenvalue weighted by Crippen LogP contribution is -2.37. The molecule has 4 amide bonds. The quantitative estimate of drug-likeness (QED) is 0.637. The fourth-order valence-electron chi connectivity index (χ4n) is 3.00. The van der Waals surface area contributed by atoms with E-state index in [2.05, 4.69) is 10.6 Å². The monoisotopic (exact) mass is 385 g/mol. The number of methoxy groups -OCH3 is 1. The molecule has 8 heteroatoms. The maximum atomic E-state index is 12.5. The van der Waals surface area contributed by atoms with Crippen LogP contribution in [0.25, 0.3) is 0 Å². The Morgan fingerprint density at radius 3 is 2.68 bits per heavy atom. The number of imide groups is 1. The summed E-state index contributed by atoms with van der Waals surface area (Å²) in [6.07, 6.45) is 2.59. The number of benzene rings is 1. The smallest absolute Gasteiger partial charge is 0.324 e. The number of furan rings is 1. The molecule has 1 aliphatic heterocycles. The largest absolute Gasteiger partial charge is 0.497 e. The Morgan fingerprint density at radius 1 is 1.21 bits per heavy atom. The van der Waals surface area contributed by atoms with Crippen molar-refractivity contribution in [3.05, 3.63) is 54.0 Å². The van der Waals surface area contributed by atoms with Gasteiger partial charge < -0.3 is 19.8 Å². The molecule has 2 heterocycles. The molecule has 28 heavy (non-hydrogen) atoms. The van der Waals surface area contributed by atoms with Crippen LogP contribution >= 0.6 is 0 Å². The zero-order valence-corrected chi connectivity index (χ0v) is 15.6. The van der Waals surface area contributed by atoms with Crippen LogP contribution in [0.4, 0.5) is 4.79 Å². The number of ether oxygens (including phenoxy) is 1. The van der Waals surface area contributed by atoms with Gasteiger partial charge in [-0.1, -0.05) is 12.1 Å². The molecule has 0 bridgehead atoms. The number of carbonyl (C=O) groups is 3. The van der Waals surface area contributed by atoms with E-state index in [1.165, 1.54) is 0 Å². The average Bonchev–Trinajstić information content (AvgIpc) is 3.29. The molecule has 1 unspecified atom stereocenters. The summed E-state index contributed by atoms with van der Waals surface area (Å²) in [7, 11) is 1.59. The predicted octanol–water partition coefficient (Wildman–Crippen LogP) is 1.50. The highest BCUT2D eigenvalue weighted by Crippen LogP contribution is 2.14. The molecule has 1 aromatic heterocycles. The lowest BCUT2D eigenvalue weighted by Gasteiger charge is -2.13. The number of hydrogen-bond donors (Lipinski definition) is 2. The first-order valence-corrected chi connectivity index (χ1v) is 9.10. The minimum atomic E-state index is -0.827.